The van der Waals surface area contributed by atoms with Gasteiger partial charge in [-0.15, -0.1) is 0 Å². The molecule has 5 amide bonds. The number of fused-ring (bicyclic) bond motifs is 2. The van der Waals surface area contributed by atoms with Gasteiger partial charge in [-0.3, -0.25) is 44.0 Å². The van der Waals surface area contributed by atoms with Crippen molar-refractivity contribution < 1.29 is 28.7 Å². The van der Waals surface area contributed by atoms with Gasteiger partial charge in [0, 0.05) is 60.6 Å². The van der Waals surface area contributed by atoms with Crippen LogP contribution in [0.1, 0.15) is 107 Å². The Morgan fingerprint density at radius 2 is 1.54 bits per heavy atom. The van der Waals surface area contributed by atoms with Crippen molar-refractivity contribution in [2.45, 2.75) is 97.2 Å². The third kappa shape index (κ3) is 6.55. The van der Waals surface area contributed by atoms with Gasteiger partial charge in [-0.25, -0.2) is 0 Å². The Kier molecular flexibility index (Phi) is 9.54. The molecule has 0 bridgehead atoms. The molecule has 3 fully saturated rings. The van der Waals surface area contributed by atoms with Gasteiger partial charge >= 0.3 is 0 Å². The van der Waals surface area contributed by atoms with E-state index >= 15 is 0 Å². The summed E-state index contributed by atoms with van der Waals surface area (Å²) < 4.78 is 6.37. The summed E-state index contributed by atoms with van der Waals surface area (Å²) in [6.07, 6.45) is 2.03. The molecule has 1 saturated carbocycles. The van der Waals surface area contributed by atoms with Crippen molar-refractivity contribution in [3.05, 3.63) is 98.6 Å². The molecule has 3 aromatic rings. The molecule has 4 heterocycles. The van der Waals surface area contributed by atoms with Gasteiger partial charge in [0.15, 0.2) is 0 Å². The number of hydrogen-bond acceptors (Lipinski definition) is 9. The molecule has 8 rings (SSSR count). The number of nitrogens with zero attached hydrogens (tertiary/aromatic N) is 4. The highest BCUT2D eigenvalue weighted by molar-refractivity contribution is 6.31. The van der Waals surface area contributed by atoms with Crippen LogP contribution in [0.5, 0.6) is 5.75 Å². The predicted molar refractivity (Wildman–Crippen MR) is 207 cm³/mol. The number of hydrogen-bond donors (Lipinski definition) is 2. The van der Waals surface area contributed by atoms with E-state index in [0.717, 1.165) is 54.1 Å². The molecule has 0 spiro atoms. The van der Waals surface area contributed by atoms with Crippen LogP contribution >= 0.6 is 11.6 Å². The topological polar surface area (TPSA) is 152 Å². The Balaban J connectivity index is 0.821. The standard InChI is InChI=1S/C43H45ClN6O6/c1-42(2)40(43(3,4)41(42)56-30-10-9-26(20-45)33(44)19-30)47-36(52)25-7-5-24(6-8-25)21-48-15-13-29(14-16-48)49-22-27-17-31-32(18-28(27)23-49)39(55)50(38(31)54)34-11-12-35(51)46-37(34)53/h5-10,17-19,29,34,40-41H,11-16,21-23H2,1-4H3,(H,47,52)(H,46,51,53)/t34?,40-,41-. The van der Waals surface area contributed by atoms with E-state index in [1.165, 1.54) is 0 Å². The summed E-state index contributed by atoms with van der Waals surface area (Å²) in [6, 6.07) is 17.9. The molecule has 4 aliphatic heterocycles. The number of nitrogens with one attached hydrogen (secondary N) is 2. The molecule has 13 heteroatoms. The van der Waals surface area contributed by atoms with Crippen molar-refractivity contribution in [3.63, 3.8) is 0 Å². The molecule has 5 aliphatic rings. The summed E-state index contributed by atoms with van der Waals surface area (Å²) in [7, 11) is 0. The van der Waals surface area contributed by atoms with Gasteiger partial charge in [-0.2, -0.15) is 5.26 Å². The van der Waals surface area contributed by atoms with E-state index in [4.69, 9.17) is 16.3 Å². The maximum absolute atomic E-state index is 13.5. The first-order valence-electron chi connectivity index (χ1n) is 19.3. The number of amides is 5. The lowest BCUT2D eigenvalue weighted by molar-refractivity contribution is -0.164. The van der Waals surface area contributed by atoms with E-state index in [2.05, 4.69) is 54.2 Å². The van der Waals surface area contributed by atoms with Crippen LogP contribution in [-0.4, -0.2) is 81.6 Å². The number of rotatable bonds is 8. The molecule has 0 aromatic heterocycles. The maximum Gasteiger partial charge on any atom is 0.262 e. The number of carbonyl (C=O) groups is 5. The Hall–Kier alpha value is -5.09. The Labute approximate surface area is 331 Å². The highest BCUT2D eigenvalue weighted by Crippen LogP contribution is 2.55. The van der Waals surface area contributed by atoms with Crippen LogP contribution in [0.4, 0.5) is 0 Å². The highest BCUT2D eigenvalue weighted by Gasteiger charge is 2.64. The number of imide groups is 2. The Bertz CT molecular complexity index is 2140. The summed E-state index contributed by atoms with van der Waals surface area (Å²) in [5.74, 6) is -1.47. The van der Waals surface area contributed by atoms with E-state index in [1.54, 1.807) is 18.2 Å². The average molecular weight is 777 g/mol. The number of nitriles is 1. The van der Waals surface area contributed by atoms with Gasteiger partial charge in [0.2, 0.25) is 11.8 Å². The second-order valence-corrected chi connectivity index (χ2v) is 17.4. The largest absolute Gasteiger partial charge is 0.489 e. The van der Waals surface area contributed by atoms with Crippen LogP contribution in [0.15, 0.2) is 54.6 Å². The van der Waals surface area contributed by atoms with E-state index in [0.29, 0.717) is 52.2 Å². The van der Waals surface area contributed by atoms with Crippen molar-refractivity contribution in [2.75, 3.05) is 13.1 Å². The number of ether oxygens (including phenoxy) is 1. The van der Waals surface area contributed by atoms with Crippen LogP contribution in [0.25, 0.3) is 0 Å². The van der Waals surface area contributed by atoms with Crippen LogP contribution in [0.3, 0.4) is 0 Å². The summed E-state index contributed by atoms with van der Waals surface area (Å²) >= 11 is 6.24. The fourth-order valence-electron chi connectivity index (χ4n) is 9.93. The normalized spacial score (nSPS) is 24.6. The summed E-state index contributed by atoms with van der Waals surface area (Å²) in [4.78, 5) is 70.1. The number of carbonyl (C=O) groups excluding carboxylic acids is 5. The van der Waals surface area contributed by atoms with Gasteiger partial charge in [-0.05, 0) is 85.4 Å². The average Bonchev–Trinajstić information content (AvgIpc) is 3.69. The number of halogens is 1. The zero-order chi connectivity index (χ0) is 39.7. The lowest BCUT2D eigenvalue weighted by Gasteiger charge is -2.63. The van der Waals surface area contributed by atoms with Crippen molar-refractivity contribution in [1.29, 1.82) is 5.26 Å². The number of likely N-dealkylation sites (tertiary alicyclic amines) is 1. The van der Waals surface area contributed by atoms with E-state index in [9.17, 15) is 29.2 Å². The van der Waals surface area contributed by atoms with Crippen LogP contribution in [-0.2, 0) is 29.2 Å². The third-order valence-corrected chi connectivity index (χ3v) is 12.9. The van der Waals surface area contributed by atoms with Crippen LogP contribution in [0, 0.1) is 22.2 Å². The molecule has 1 atom stereocenters. The van der Waals surface area contributed by atoms with Crippen molar-refractivity contribution in [1.82, 2.24) is 25.3 Å². The zero-order valence-corrected chi connectivity index (χ0v) is 32.7. The fourth-order valence-corrected chi connectivity index (χ4v) is 10.1. The molecular weight excluding hydrogens is 732 g/mol. The first kappa shape index (κ1) is 37.8. The van der Waals surface area contributed by atoms with E-state index < -0.39 is 29.7 Å². The summed E-state index contributed by atoms with van der Waals surface area (Å²) in [6.45, 7) is 12.4. The minimum Gasteiger partial charge on any atom is -0.489 e. The molecule has 56 heavy (non-hydrogen) atoms. The van der Waals surface area contributed by atoms with Crippen molar-refractivity contribution >= 4 is 41.1 Å². The van der Waals surface area contributed by atoms with Gasteiger partial charge < -0.3 is 10.1 Å². The first-order valence-corrected chi connectivity index (χ1v) is 19.6. The summed E-state index contributed by atoms with van der Waals surface area (Å²) in [5, 5.41) is 15.1. The minimum atomic E-state index is -0.967. The van der Waals surface area contributed by atoms with Gasteiger partial charge in [0.1, 0.15) is 24.0 Å². The fraction of sp³-hybridized carbons (Fsp3) is 0.442. The lowest BCUT2D eigenvalue weighted by Crippen LogP contribution is -2.74. The van der Waals surface area contributed by atoms with E-state index in [-0.39, 0.29) is 41.7 Å². The Morgan fingerprint density at radius 1 is 0.911 bits per heavy atom. The monoisotopic (exact) mass is 776 g/mol. The molecule has 3 aromatic carbocycles. The van der Waals surface area contributed by atoms with Crippen molar-refractivity contribution in [2.24, 2.45) is 10.8 Å². The molecule has 2 N–H and O–H groups in total. The lowest BCUT2D eigenvalue weighted by atomic mass is 9.49. The predicted octanol–water partition coefficient (Wildman–Crippen LogP) is 5.21. The van der Waals surface area contributed by atoms with Crippen molar-refractivity contribution in [3.8, 4) is 11.8 Å². The first-order chi connectivity index (χ1) is 26.6. The summed E-state index contributed by atoms with van der Waals surface area (Å²) in [5.41, 5.74) is 4.16. The highest BCUT2D eigenvalue weighted by atomic mass is 35.5. The van der Waals surface area contributed by atoms with Gasteiger partial charge in [0.05, 0.1) is 21.7 Å². The molecule has 290 valence electrons. The van der Waals surface area contributed by atoms with E-state index in [1.807, 2.05) is 36.4 Å². The van der Waals surface area contributed by atoms with Crippen LogP contribution in [0.2, 0.25) is 5.02 Å². The number of piperidine rings is 2. The smallest absolute Gasteiger partial charge is 0.262 e. The second-order valence-electron chi connectivity index (χ2n) is 17.0. The zero-order valence-electron chi connectivity index (χ0n) is 32.0. The molecule has 0 radical (unpaired) electrons. The molecular formula is C43H45ClN6O6. The van der Waals surface area contributed by atoms with Gasteiger partial charge in [-0.1, -0.05) is 51.4 Å². The molecule has 1 aliphatic carbocycles. The molecule has 12 nitrogen and oxygen atoms in total. The maximum atomic E-state index is 13.5. The minimum absolute atomic E-state index is 0.0936. The number of benzene rings is 3. The quantitative estimate of drug-likeness (QED) is 0.294. The SMILES string of the molecule is CC1(C)[C@H](NC(=O)c2ccc(CN3CCC(N4Cc5cc6c(cc5C4)C(=O)N(C4CCC(=O)NC4=O)C6=O)CC3)cc2)C(C)(C)[C@H]1Oc1ccc(C#N)c(Cl)c1. The van der Waals surface area contributed by atoms with Crippen LogP contribution < -0.4 is 15.4 Å². The molecule has 1 unspecified atom stereocenters. The van der Waals surface area contributed by atoms with Gasteiger partial charge in [0.25, 0.3) is 17.7 Å². The Morgan fingerprint density at radius 3 is 2.11 bits per heavy atom. The molecule has 2 saturated heterocycles. The second kappa shape index (κ2) is 14.1. The third-order valence-electron chi connectivity index (χ3n) is 12.6.